The first-order valence-corrected chi connectivity index (χ1v) is 15.6. The maximum Gasteiger partial charge on any atom is 0.264 e. The summed E-state index contributed by atoms with van der Waals surface area (Å²) >= 11 is 1.88. The van der Waals surface area contributed by atoms with Gasteiger partial charge in [0.2, 0.25) is 5.52 Å². The molecule has 2 nitrogen and oxygen atoms in total. The molecule has 1 N–H and O–H groups in total. The van der Waals surface area contributed by atoms with E-state index >= 15 is 0 Å². The molecule has 0 aliphatic rings. The fourth-order valence-electron chi connectivity index (χ4n) is 4.97. The van der Waals surface area contributed by atoms with E-state index in [1.165, 1.54) is 118 Å². The van der Waals surface area contributed by atoms with Gasteiger partial charge in [0.15, 0.2) is 6.54 Å². The lowest BCUT2D eigenvalue weighted by Crippen LogP contribution is -2.35. The number of thiazole rings is 1. The molecule has 0 bridgehead atoms. The van der Waals surface area contributed by atoms with Crippen molar-refractivity contribution in [1.82, 2.24) is 0 Å². The van der Waals surface area contributed by atoms with Gasteiger partial charge in [0.1, 0.15) is 4.70 Å². The van der Waals surface area contributed by atoms with Crippen LogP contribution >= 0.6 is 11.3 Å². The van der Waals surface area contributed by atoms with E-state index < -0.39 is 0 Å². The molecule has 36 heavy (non-hydrogen) atoms. The van der Waals surface area contributed by atoms with E-state index in [2.05, 4.69) is 77.6 Å². The molecule has 3 rings (SSSR count). The lowest BCUT2D eigenvalue weighted by atomic mass is 10.0. The summed E-state index contributed by atoms with van der Waals surface area (Å²) in [5.41, 5.74) is 2.49. The van der Waals surface area contributed by atoms with Crippen LogP contribution in [-0.4, -0.2) is 0 Å². The van der Waals surface area contributed by atoms with Gasteiger partial charge in [-0.1, -0.05) is 138 Å². The summed E-state index contributed by atoms with van der Waals surface area (Å²) in [4.78, 5) is 0. The molecule has 196 valence electrons. The minimum atomic E-state index is 1.10. The number of aromatic nitrogens is 1. The molecule has 0 radical (unpaired) electrons. The van der Waals surface area contributed by atoms with E-state index in [1.54, 1.807) is 0 Å². The summed E-state index contributed by atoms with van der Waals surface area (Å²) in [5, 5.41) is 4.72. The molecular weight excluding hydrogens is 456 g/mol. The van der Waals surface area contributed by atoms with Crippen LogP contribution in [0.25, 0.3) is 16.3 Å². The number of aryl methyl sites for hydroxylation is 1. The van der Waals surface area contributed by atoms with E-state index in [9.17, 15) is 0 Å². The van der Waals surface area contributed by atoms with Crippen LogP contribution in [0.1, 0.15) is 115 Å². The Morgan fingerprint density at radius 2 is 1.17 bits per heavy atom. The third-order valence-corrected chi connectivity index (χ3v) is 8.25. The van der Waals surface area contributed by atoms with Crippen molar-refractivity contribution < 1.29 is 4.57 Å². The molecule has 3 aromatic rings. The first kappa shape index (κ1) is 28.4. The van der Waals surface area contributed by atoms with Gasteiger partial charge in [0.25, 0.3) is 5.01 Å². The highest BCUT2D eigenvalue weighted by molar-refractivity contribution is 7.18. The van der Waals surface area contributed by atoms with Crippen molar-refractivity contribution in [3.8, 4) is 0 Å². The number of nitrogens with one attached hydrogen (secondary N) is 1. The highest BCUT2D eigenvalue weighted by atomic mass is 32.1. The Kier molecular flexibility index (Phi) is 14.4. The van der Waals surface area contributed by atoms with Crippen LogP contribution in [0.2, 0.25) is 0 Å². The second-order valence-corrected chi connectivity index (χ2v) is 11.3. The van der Waals surface area contributed by atoms with E-state index in [-0.39, 0.29) is 0 Å². The number of rotatable bonds is 20. The number of nitrogens with zero attached hydrogens (tertiary/aromatic N) is 1. The molecule has 1 heterocycles. The van der Waals surface area contributed by atoms with Gasteiger partial charge in [-0.2, -0.15) is 4.57 Å². The van der Waals surface area contributed by atoms with Crippen LogP contribution in [0.4, 0.5) is 5.69 Å². The maximum absolute atomic E-state index is 3.40. The van der Waals surface area contributed by atoms with Crippen LogP contribution < -0.4 is 9.88 Å². The smallest absolute Gasteiger partial charge is 0.264 e. The fourth-order valence-corrected chi connectivity index (χ4v) is 6.06. The van der Waals surface area contributed by atoms with Crippen LogP contribution in [0.3, 0.4) is 0 Å². The van der Waals surface area contributed by atoms with Crippen LogP contribution in [-0.2, 0) is 6.54 Å². The number of hydrogen-bond acceptors (Lipinski definition) is 2. The third kappa shape index (κ3) is 10.9. The van der Waals surface area contributed by atoms with Crippen molar-refractivity contribution in [3.63, 3.8) is 0 Å². The summed E-state index contributed by atoms with van der Waals surface area (Å²) in [5.74, 6) is 0. The molecule has 0 fully saturated rings. The Labute approximate surface area is 224 Å². The molecule has 0 amide bonds. The molecule has 0 spiro atoms. The summed E-state index contributed by atoms with van der Waals surface area (Å²) in [7, 11) is 0. The van der Waals surface area contributed by atoms with Crippen molar-refractivity contribution in [2.45, 2.75) is 116 Å². The second-order valence-electron chi connectivity index (χ2n) is 10.2. The largest absolute Gasteiger partial charge is 0.361 e. The Morgan fingerprint density at radius 1 is 0.639 bits per heavy atom. The van der Waals surface area contributed by atoms with Gasteiger partial charge in [-0.05, 0) is 24.6 Å². The maximum atomic E-state index is 3.40. The number of unbranched alkanes of at least 4 members (excludes halogenated alkanes) is 15. The van der Waals surface area contributed by atoms with Gasteiger partial charge in [-0.25, -0.2) is 0 Å². The zero-order valence-corrected chi connectivity index (χ0v) is 23.5. The van der Waals surface area contributed by atoms with Gasteiger partial charge in [-0.15, -0.1) is 0 Å². The molecule has 3 heteroatoms. The van der Waals surface area contributed by atoms with Crippen molar-refractivity contribution in [2.75, 3.05) is 5.32 Å². The first-order chi connectivity index (χ1) is 17.9. The van der Waals surface area contributed by atoms with Gasteiger partial charge < -0.3 is 5.32 Å². The highest BCUT2D eigenvalue weighted by Crippen LogP contribution is 2.22. The minimum absolute atomic E-state index is 1.10. The van der Waals surface area contributed by atoms with Crippen LogP contribution in [0, 0.1) is 0 Å². The fraction of sp³-hybridized carbons (Fsp3) is 0.545. The number of anilines is 1. The topological polar surface area (TPSA) is 15.9 Å². The number of benzene rings is 2. The van der Waals surface area contributed by atoms with Crippen molar-refractivity contribution in [2.24, 2.45) is 0 Å². The normalized spacial score (nSPS) is 11.6. The average molecular weight is 506 g/mol. The van der Waals surface area contributed by atoms with Crippen LogP contribution in [0.15, 0.2) is 60.8 Å². The zero-order chi connectivity index (χ0) is 25.1. The molecule has 2 aromatic carbocycles. The number of fused-ring (bicyclic) bond motifs is 1. The summed E-state index contributed by atoms with van der Waals surface area (Å²) in [6.45, 7) is 3.40. The molecule has 0 saturated heterocycles. The monoisotopic (exact) mass is 505 g/mol. The van der Waals surface area contributed by atoms with Gasteiger partial charge in [-0.3, -0.25) is 0 Å². The summed E-state index contributed by atoms with van der Waals surface area (Å²) in [6, 6.07) is 19.2. The van der Waals surface area contributed by atoms with E-state index in [0.717, 1.165) is 12.2 Å². The third-order valence-electron chi connectivity index (χ3n) is 7.12. The van der Waals surface area contributed by atoms with Gasteiger partial charge in [0, 0.05) is 30.5 Å². The van der Waals surface area contributed by atoms with Crippen LogP contribution in [0.5, 0.6) is 0 Å². The van der Waals surface area contributed by atoms with Gasteiger partial charge >= 0.3 is 0 Å². The van der Waals surface area contributed by atoms with E-state index in [4.69, 9.17) is 0 Å². The van der Waals surface area contributed by atoms with Gasteiger partial charge in [0.05, 0.1) is 0 Å². The highest BCUT2D eigenvalue weighted by Gasteiger charge is 2.17. The van der Waals surface area contributed by atoms with Crippen molar-refractivity contribution in [3.05, 3.63) is 65.8 Å². The molecular formula is C33H49N2S+. The SMILES string of the molecule is CCCCCCCCCCCCCCCCCC[n+]1c(C=CNc2ccccc2)sc2ccccc21. The Morgan fingerprint density at radius 3 is 1.78 bits per heavy atom. The number of para-hydroxylation sites is 2. The number of hydrogen-bond donors (Lipinski definition) is 1. The Balaban J connectivity index is 1.27. The van der Waals surface area contributed by atoms with Crippen molar-refractivity contribution >= 4 is 33.3 Å². The van der Waals surface area contributed by atoms with E-state index in [0.29, 0.717) is 0 Å². The molecule has 0 saturated carbocycles. The molecule has 0 aliphatic carbocycles. The second kappa shape index (κ2) is 18.2. The zero-order valence-electron chi connectivity index (χ0n) is 22.7. The minimum Gasteiger partial charge on any atom is -0.361 e. The Bertz CT molecular complexity index is 976. The Hall–Kier alpha value is -2.13. The molecule has 0 aliphatic heterocycles. The van der Waals surface area contributed by atoms with E-state index in [1.807, 2.05) is 17.4 Å². The quantitative estimate of drug-likeness (QED) is 0.119. The van der Waals surface area contributed by atoms with Crippen molar-refractivity contribution in [1.29, 1.82) is 0 Å². The predicted octanol–water partition coefficient (Wildman–Crippen LogP) is 10.5. The lowest BCUT2D eigenvalue weighted by molar-refractivity contribution is -0.669. The summed E-state index contributed by atoms with van der Waals surface area (Å²) in [6.07, 6.45) is 26.9. The predicted molar refractivity (Wildman–Crippen MR) is 161 cm³/mol. The molecule has 1 aromatic heterocycles. The standard InChI is InChI=1S/C33H48N2S/c1-2-3-4-5-6-7-8-9-10-11-12-13-14-15-16-22-29-35-31-25-20-21-26-32(31)36-33(35)27-28-34-30-23-18-17-19-24-30/h17-21,23-28H,2-16,22,29H2,1H3/p+1. The average Bonchev–Trinajstić information content (AvgIpc) is 3.26. The lowest BCUT2D eigenvalue weighted by Gasteiger charge is -2.03. The summed E-state index contributed by atoms with van der Waals surface area (Å²) < 4.78 is 3.88. The molecule has 0 unspecified atom stereocenters. The first-order valence-electron chi connectivity index (χ1n) is 14.8. The molecule has 0 atom stereocenters.